The van der Waals surface area contributed by atoms with Gasteiger partial charge in [0.05, 0.1) is 23.7 Å². The maximum absolute atomic E-state index is 12.5. The molecule has 0 spiro atoms. The Hall–Kier alpha value is -3.03. The van der Waals surface area contributed by atoms with E-state index in [1.807, 2.05) is 30.3 Å². The summed E-state index contributed by atoms with van der Waals surface area (Å²) in [5, 5.41) is 14.2. The number of rotatable bonds is 7. The number of carbonyl (C=O) groups excluding carboxylic acids is 1. The van der Waals surface area contributed by atoms with Gasteiger partial charge in [-0.2, -0.15) is 0 Å². The number of ether oxygens (including phenoxy) is 1. The van der Waals surface area contributed by atoms with Crippen LogP contribution in [0.15, 0.2) is 60.7 Å². The molecule has 1 fully saturated rings. The zero-order chi connectivity index (χ0) is 19.8. The highest BCUT2D eigenvalue weighted by atomic mass is 16.6. The molecule has 28 heavy (non-hydrogen) atoms. The quantitative estimate of drug-likeness (QED) is 0.430. The van der Waals surface area contributed by atoms with Crippen molar-refractivity contribution in [1.82, 2.24) is 5.32 Å². The fourth-order valence-electron chi connectivity index (χ4n) is 3.27. The number of nitro benzene ring substituents is 1. The summed E-state index contributed by atoms with van der Waals surface area (Å²) in [6.07, 6.45) is 2.84. The molecule has 2 N–H and O–H groups in total. The van der Waals surface area contributed by atoms with Crippen LogP contribution in [0, 0.1) is 10.1 Å². The molecule has 7 nitrogen and oxygen atoms in total. The van der Waals surface area contributed by atoms with Crippen LogP contribution in [0.25, 0.3) is 6.08 Å². The Morgan fingerprint density at radius 1 is 1.14 bits per heavy atom. The van der Waals surface area contributed by atoms with E-state index < -0.39 is 4.92 Å². The number of para-hydroxylation sites is 1. The van der Waals surface area contributed by atoms with Crippen LogP contribution in [0.1, 0.15) is 17.2 Å². The van der Waals surface area contributed by atoms with Crippen molar-refractivity contribution < 1.29 is 19.4 Å². The number of hydrogen-bond donors (Lipinski definition) is 2. The number of nitrogens with zero attached hydrogens (tertiary/aromatic N) is 1. The van der Waals surface area contributed by atoms with E-state index in [1.54, 1.807) is 18.2 Å². The molecule has 3 rings (SSSR count). The van der Waals surface area contributed by atoms with E-state index in [-0.39, 0.29) is 17.6 Å². The van der Waals surface area contributed by atoms with Gasteiger partial charge < -0.3 is 15.0 Å². The average Bonchev–Trinajstić information content (AvgIpc) is 2.73. The molecule has 146 valence electrons. The molecule has 0 aliphatic carbocycles. The number of morpholine rings is 1. The molecule has 1 aliphatic rings. The summed E-state index contributed by atoms with van der Waals surface area (Å²) in [6, 6.07) is 16.0. The molecular weight excluding hydrogens is 358 g/mol. The molecule has 2 aromatic rings. The number of quaternary nitrogens is 1. The maximum atomic E-state index is 12.5. The van der Waals surface area contributed by atoms with E-state index in [0.29, 0.717) is 5.56 Å². The summed E-state index contributed by atoms with van der Waals surface area (Å²) >= 11 is 0. The van der Waals surface area contributed by atoms with Crippen molar-refractivity contribution in [1.29, 1.82) is 0 Å². The lowest BCUT2D eigenvalue weighted by atomic mass is 10.1. The Kier molecular flexibility index (Phi) is 6.89. The van der Waals surface area contributed by atoms with Gasteiger partial charge in [-0.3, -0.25) is 14.9 Å². The summed E-state index contributed by atoms with van der Waals surface area (Å²) < 4.78 is 5.41. The third-order valence-corrected chi connectivity index (χ3v) is 4.76. The second-order valence-electron chi connectivity index (χ2n) is 6.69. The highest BCUT2D eigenvalue weighted by molar-refractivity contribution is 5.92. The SMILES string of the molecule is O=C(/C=C/c1ccccc1[N+](=O)[O-])N[C@@H](C[NH+]1CCOCC1)c1ccccc1. The van der Waals surface area contributed by atoms with E-state index in [2.05, 4.69) is 5.32 Å². The average molecular weight is 382 g/mol. The molecule has 0 unspecified atom stereocenters. The van der Waals surface area contributed by atoms with E-state index in [1.165, 1.54) is 23.1 Å². The summed E-state index contributed by atoms with van der Waals surface area (Å²) in [5.41, 5.74) is 1.41. The number of benzene rings is 2. The predicted octanol–water partition coefficient (Wildman–Crippen LogP) is 1.38. The first-order valence-corrected chi connectivity index (χ1v) is 9.32. The zero-order valence-electron chi connectivity index (χ0n) is 15.5. The number of hydrogen-bond acceptors (Lipinski definition) is 4. The van der Waals surface area contributed by atoms with Gasteiger partial charge in [-0.05, 0) is 17.7 Å². The van der Waals surface area contributed by atoms with E-state index in [4.69, 9.17) is 4.74 Å². The van der Waals surface area contributed by atoms with Crippen molar-refractivity contribution in [3.05, 3.63) is 81.9 Å². The van der Waals surface area contributed by atoms with Gasteiger partial charge in [0, 0.05) is 12.1 Å². The largest absolute Gasteiger partial charge is 0.370 e. The fourth-order valence-corrected chi connectivity index (χ4v) is 3.27. The second kappa shape index (κ2) is 9.77. The topological polar surface area (TPSA) is 85.9 Å². The standard InChI is InChI=1S/C21H23N3O4/c25-21(11-10-18-8-4-5-9-20(18)24(26)27)22-19(17-6-2-1-3-7-17)16-23-12-14-28-15-13-23/h1-11,19H,12-16H2,(H,22,25)/p+1/b11-10+/t19-/m0/s1. The van der Waals surface area contributed by atoms with Crippen LogP contribution in [-0.4, -0.2) is 43.7 Å². The molecule has 1 amide bonds. The summed E-state index contributed by atoms with van der Waals surface area (Å²) in [5.74, 6) is -0.278. The molecule has 0 aromatic heterocycles. The lowest BCUT2D eigenvalue weighted by molar-refractivity contribution is -0.909. The minimum absolute atomic E-state index is 0.0241. The number of carbonyl (C=O) groups is 1. The van der Waals surface area contributed by atoms with Crippen LogP contribution in [0.2, 0.25) is 0 Å². The number of amides is 1. The summed E-state index contributed by atoms with van der Waals surface area (Å²) in [7, 11) is 0. The molecule has 1 aliphatic heterocycles. The van der Waals surface area contributed by atoms with Crippen molar-refractivity contribution in [3.63, 3.8) is 0 Å². The first-order chi connectivity index (χ1) is 13.6. The Morgan fingerprint density at radius 3 is 2.54 bits per heavy atom. The number of nitrogens with one attached hydrogen (secondary N) is 2. The van der Waals surface area contributed by atoms with Crippen LogP contribution < -0.4 is 10.2 Å². The first-order valence-electron chi connectivity index (χ1n) is 9.32. The molecule has 1 saturated heterocycles. The van der Waals surface area contributed by atoms with Gasteiger partial charge in [0.2, 0.25) is 5.91 Å². The van der Waals surface area contributed by atoms with Crippen LogP contribution in [0.5, 0.6) is 0 Å². The maximum Gasteiger partial charge on any atom is 0.276 e. The van der Waals surface area contributed by atoms with Crippen LogP contribution in [-0.2, 0) is 9.53 Å². The van der Waals surface area contributed by atoms with Gasteiger partial charge in [0.25, 0.3) is 5.69 Å². The van der Waals surface area contributed by atoms with Crippen molar-refractivity contribution in [2.45, 2.75) is 6.04 Å². The minimum Gasteiger partial charge on any atom is -0.370 e. The normalized spacial score (nSPS) is 16.0. The number of nitro groups is 1. The minimum atomic E-state index is -0.452. The Labute approximate surface area is 163 Å². The van der Waals surface area contributed by atoms with Crippen LogP contribution in [0.4, 0.5) is 5.69 Å². The Morgan fingerprint density at radius 2 is 1.82 bits per heavy atom. The lowest BCUT2D eigenvalue weighted by Gasteiger charge is -2.28. The predicted molar refractivity (Wildman–Crippen MR) is 106 cm³/mol. The highest BCUT2D eigenvalue weighted by Gasteiger charge is 2.22. The van der Waals surface area contributed by atoms with Crippen molar-refractivity contribution >= 4 is 17.7 Å². The van der Waals surface area contributed by atoms with E-state index in [0.717, 1.165) is 38.4 Å². The Bertz CT molecular complexity index is 833. The molecule has 2 aromatic carbocycles. The summed E-state index contributed by atoms with van der Waals surface area (Å²) in [4.78, 5) is 24.6. The van der Waals surface area contributed by atoms with Crippen LogP contribution in [0.3, 0.4) is 0 Å². The molecule has 0 saturated carbocycles. The van der Waals surface area contributed by atoms with E-state index >= 15 is 0 Å². The molecule has 7 heteroatoms. The van der Waals surface area contributed by atoms with Gasteiger partial charge in [0.1, 0.15) is 25.7 Å². The van der Waals surface area contributed by atoms with Crippen molar-refractivity contribution in [3.8, 4) is 0 Å². The van der Waals surface area contributed by atoms with Gasteiger partial charge >= 0.3 is 0 Å². The highest BCUT2D eigenvalue weighted by Crippen LogP contribution is 2.19. The van der Waals surface area contributed by atoms with Gasteiger partial charge in [0.15, 0.2) is 0 Å². The monoisotopic (exact) mass is 382 g/mol. The van der Waals surface area contributed by atoms with Crippen molar-refractivity contribution in [2.24, 2.45) is 0 Å². The molecule has 1 heterocycles. The first kappa shape index (κ1) is 19.7. The second-order valence-corrected chi connectivity index (χ2v) is 6.69. The third kappa shape index (κ3) is 5.48. The third-order valence-electron chi connectivity index (χ3n) is 4.76. The fraction of sp³-hybridized carbons (Fsp3) is 0.286. The molecular formula is C21H24N3O4+. The van der Waals surface area contributed by atoms with E-state index in [9.17, 15) is 14.9 Å². The molecule has 0 radical (unpaired) electrons. The molecule has 1 atom stereocenters. The van der Waals surface area contributed by atoms with Crippen LogP contribution >= 0.6 is 0 Å². The van der Waals surface area contributed by atoms with Gasteiger partial charge in [-0.25, -0.2) is 0 Å². The zero-order valence-corrected chi connectivity index (χ0v) is 15.5. The summed E-state index contributed by atoms with van der Waals surface area (Å²) in [6.45, 7) is 4.03. The van der Waals surface area contributed by atoms with Gasteiger partial charge in [-0.15, -0.1) is 0 Å². The molecule has 0 bridgehead atoms. The van der Waals surface area contributed by atoms with Gasteiger partial charge in [-0.1, -0.05) is 42.5 Å². The Balaban J connectivity index is 1.71. The smallest absolute Gasteiger partial charge is 0.276 e. The van der Waals surface area contributed by atoms with Crippen molar-refractivity contribution in [2.75, 3.05) is 32.8 Å². The lowest BCUT2D eigenvalue weighted by Crippen LogP contribution is -3.14.